The van der Waals surface area contributed by atoms with E-state index in [4.69, 9.17) is 0 Å². The topological polar surface area (TPSA) is 65.5 Å². The van der Waals surface area contributed by atoms with E-state index in [9.17, 15) is 9.18 Å². The molecule has 2 aromatic rings. The average Bonchev–Trinajstić information content (AvgIpc) is 2.65. The molecule has 26 heavy (non-hydrogen) atoms. The number of carbonyl (C=O) groups is 1. The number of nitrogens with one attached hydrogen (secondary N) is 3. The van der Waals surface area contributed by atoms with Crippen molar-refractivity contribution in [3.05, 3.63) is 71.5 Å². The lowest BCUT2D eigenvalue weighted by Crippen LogP contribution is -2.41. The van der Waals surface area contributed by atoms with Crippen molar-refractivity contribution in [2.24, 2.45) is 4.99 Å². The van der Waals surface area contributed by atoms with Crippen LogP contribution in [0.15, 0.2) is 59.6 Å². The highest BCUT2D eigenvalue weighted by Gasteiger charge is 2.03. The molecule has 0 bridgehead atoms. The number of amides is 1. The van der Waals surface area contributed by atoms with Crippen molar-refractivity contribution >= 4 is 35.8 Å². The van der Waals surface area contributed by atoms with Crippen LogP contribution in [0.2, 0.25) is 0 Å². The Kier molecular flexibility index (Phi) is 10.3. The smallest absolute Gasteiger partial charge is 0.251 e. The molecule has 1 amide bonds. The Morgan fingerprint density at radius 1 is 0.962 bits per heavy atom. The average molecular weight is 470 g/mol. The largest absolute Gasteiger partial charge is 0.357 e. The van der Waals surface area contributed by atoms with Gasteiger partial charge in [-0.1, -0.05) is 30.3 Å². The summed E-state index contributed by atoms with van der Waals surface area (Å²) in [5.41, 5.74) is 1.57. The van der Waals surface area contributed by atoms with Gasteiger partial charge in [-0.2, -0.15) is 0 Å². The number of benzene rings is 2. The number of hydrogen-bond acceptors (Lipinski definition) is 2. The maximum absolute atomic E-state index is 12.9. The quantitative estimate of drug-likeness (QED) is 0.253. The van der Waals surface area contributed by atoms with Crippen LogP contribution in [0.25, 0.3) is 0 Å². The van der Waals surface area contributed by atoms with E-state index < -0.39 is 0 Å². The molecule has 7 heteroatoms. The summed E-state index contributed by atoms with van der Waals surface area (Å²) >= 11 is 0. The van der Waals surface area contributed by atoms with Gasteiger partial charge in [0.15, 0.2) is 5.96 Å². The summed E-state index contributed by atoms with van der Waals surface area (Å²) in [6.45, 7) is 4.19. The Bertz CT molecular complexity index is 692. The first-order valence-corrected chi connectivity index (χ1v) is 8.29. The molecule has 0 aromatic heterocycles. The molecule has 0 unspecified atom stereocenters. The Hall–Kier alpha value is -2.16. The van der Waals surface area contributed by atoms with Gasteiger partial charge in [0.1, 0.15) is 5.82 Å². The fourth-order valence-electron chi connectivity index (χ4n) is 2.15. The summed E-state index contributed by atoms with van der Waals surface area (Å²) in [4.78, 5) is 16.4. The molecule has 0 heterocycles. The third-order valence-corrected chi connectivity index (χ3v) is 3.42. The first kappa shape index (κ1) is 21.9. The summed E-state index contributed by atoms with van der Waals surface area (Å²) in [6, 6.07) is 15.4. The van der Waals surface area contributed by atoms with Crippen LogP contribution in [0.3, 0.4) is 0 Å². The third-order valence-electron chi connectivity index (χ3n) is 3.42. The van der Waals surface area contributed by atoms with Crippen molar-refractivity contribution in [3.8, 4) is 0 Å². The standard InChI is InChI=1S/C19H23FN4O.HI/c1-2-21-19(24-14-15-8-10-17(20)11-9-15)23-13-12-22-18(25)16-6-4-3-5-7-16;/h3-11H,2,12-14H2,1H3,(H,22,25)(H2,21,23,24);1H. The van der Waals surface area contributed by atoms with Crippen molar-refractivity contribution in [3.63, 3.8) is 0 Å². The minimum atomic E-state index is -0.257. The molecule has 5 nitrogen and oxygen atoms in total. The van der Waals surface area contributed by atoms with Crippen LogP contribution in [0.5, 0.6) is 0 Å². The van der Waals surface area contributed by atoms with Gasteiger partial charge in [-0.3, -0.25) is 4.79 Å². The van der Waals surface area contributed by atoms with E-state index in [1.54, 1.807) is 24.3 Å². The van der Waals surface area contributed by atoms with Gasteiger partial charge in [0.05, 0.1) is 6.54 Å². The molecule has 0 radical (unpaired) electrons. The SMILES string of the molecule is CCNC(=NCc1ccc(F)cc1)NCCNC(=O)c1ccccc1.I. The Morgan fingerprint density at radius 2 is 1.62 bits per heavy atom. The first-order chi connectivity index (χ1) is 12.2. The molecule has 0 atom stereocenters. The fraction of sp³-hybridized carbons (Fsp3) is 0.263. The second-order valence-corrected chi connectivity index (χ2v) is 5.37. The normalized spacial score (nSPS) is 10.6. The Morgan fingerprint density at radius 3 is 2.27 bits per heavy atom. The molecule has 0 saturated carbocycles. The summed E-state index contributed by atoms with van der Waals surface area (Å²) in [6.07, 6.45) is 0. The van der Waals surface area contributed by atoms with Crippen LogP contribution < -0.4 is 16.0 Å². The number of rotatable bonds is 7. The van der Waals surface area contributed by atoms with Gasteiger partial charge in [0.25, 0.3) is 5.91 Å². The molecule has 0 aliphatic rings. The fourth-order valence-corrected chi connectivity index (χ4v) is 2.15. The number of carbonyl (C=O) groups excluding carboxylic acids is 1. The van der Waals surface area contributed by atoms with Gasteiger partial charge < -0.3 is 16.0 Å². The van der Waals surface area contributed by atoms with E-state index in [1.807, 2.05) is 25.1 Å². The van der Waals surface area contributed by atoms with Crippen molar-refractivity contribution in [1.82, 2.24) is 16.0 Å². The molecular weight excluding hydrogens is 446 g/mol. The summed E-state index contributed by atoms with van der Waals surface area (Å²) in [5.74, 6) is 0.295. The predicted octanol–water partition coefficient (Wildman–Crippen LogP) is 2.93. The highest BCUT2D eigenvalue weighted by molar-refractivity contribution is 14.0. The van der Waals surface area contributed by atoms with Gasteiger partial charge in [-0.15, -0.1) is 24.0 Å². The second kappa shape index (κ2) is 12.2. The summed E-state index contributed by atoms with van der Waals surface area (Å²) in [5, 5.41) is 9.15. The highest BCUT2D eigenvalue weighted by Crippen LogP contribution is 2.03. The van der Waals surface area contributed by atoms with Crippen molar-refractivity contribution in [2.75, 3.05) is 19.6 Å². The third kappa shape index (κ3) is 7.81. The molecule has 2 aromatic carbocycles. The van der Waals surface area contributed by atoms with E-state index >= 15 is 0 Å². The van der Waals surface area contributed by atoms with Crippen LogP contribution >= 0.6 is 24.0 Å². The van der Waals surface area contributed by atoms with Crippen LogP contribution in [-0.2, 0) is 6.54 Å². The van der Waals surface area contributed by atoms with Gasteiger partial charge >= 0.3 is 0 Å². The van der Waals surface area contributed by atoms with E-state index in [2.05, 4.69) is 20.9 Å². The maximum atomic E-state index is 12.9. The molecule has 2 rings (SSSR count). The summed E-state index contributed by atoms with van der Waals surface area (Å²) < 4.78 is 12.9. The van der Waals surface area contributed by atoms with Crippen LogP contribution in [0.4, 0.5) is 4.39 Å². The molecule has 0 aliphatic heterocycles. The highest BCUT2D eigenvalue weighted by atomic mass is 127. The van der Waals surface area contributed by atoms with E-state index in [-0.39, 0.29) is 35.7 Å². The summed E-state index contributed by atoms with van der Waals surface area (Å²) in [7, 11) is 0. The molecule has 0 aliphatic carbocycles. The number of guanidine groups is 1. The van der Waals surface area contributed by atoms with E-state index in [1.165, 1.54) is 12.1 Å². The van der Waals surface area contributed by atoms with Crippen molar-refractivity contribution < 1.29 is 9.18 Å². The predicted molar refractivity (Wildman–Crippen MR) is 113 cm³/mol. The second-order valence-electron chi connectivity index (χ2n) is 5.37. The van der Waals surface area contributed by atoms with Crippen molar-refractivity contribution in [2.45, 2.75) is 13.5 Å². The number of halogens is 2. The molecule has 0 saturated heterocycles. The van der Waals surface area contributed by atoms with Crippen molar-refractivity contribution in [1.29, 1.82) is 0 Å². The lowest BCUT2D eigenvalue weighted by Gasteiger charge is -2.12. The molecule has 140 valence electrons. The maximum Gasteiger partial charge on any atom is 0.251 e. The monoisotopic (exact) mass is 470 g/mol. The minimum absolute atomic E-state index is 0. The first-order valence-electron chi connectivity index (χ1n) is 8.29. The van der Waals surface area contributed by atoms with Gasteiger partial charge in [0.2, 0.25) is 0 Å². The van der Waals surface area contributed by atoms with Gasteiger partial charge in [-0.25, -0.2) is 9.38 Å². The zero-order valence-corrected chi connectivity index (χ0v) is 17.0. The number of hydrogen-bond donors (Lipinski definition) is 3. The zero-order valence-electron chi connectivity index (χ0n) is 14.7. The lowest BCUT2D eigenvalue weighted by atomic mass is 10.2. The zero-order chi connectivity index (χ0) is 17.9. The molecular formula is C19H24FIN4O. The lowest BCUT2D eigenvalue weighted by molar-refractivity contribution is 0.0954. The van der Waals surface area contributed by atoms with Crippen LogP contribution in [0.1, 0.15) is 22.8 Å². The molecule has 0 spiro atoms. The van der Waals surface area contributed by atoms with E-state index in [0.717, 1.165) is 12.1 Å². The Labute approximate surface area is 170 Å². The van der Waals surface area contributed by atoms with Gasteiger partial charge in [-0.05, 0) is 36.8 Å². The van der Waals surface area contributed by atoms with Crippen LogP contribution in [-0.4, -0.2) is 31.5 Å². The number of nitrogens with zero attached hydrogens (tertiary/aromatic N) is 1. The van der Waals surface area contributed by atoms with Gasteiger partial charge in [0, 0.05) is 25.2 Å². The molecule has 0 fully saturated rings. The molecule has 3 N–H and O–H groups in total. The number of aliphatic imine (C=N–C) groups is 1. The minimum Gasteiger partial charge on any atom is -0.357 e. The van der Waals surface area contributed by atoms with Crippen LogP contribution in [0, 0.1) is 5.82 Å². The van der Waals surface area contributed by atoms with E-state index in [0.29, 0.717) is 31.2 Å². The Balaban J connectivity index is 0.00000338.